The molecule has 7 nitrogen and oxygen atoms in total. The quantitative estimate of drug-likeness (QED) is 0.212. The van der Waals surface area contributed by atoms with E-state index in [1.807, 2.05) is 12.1 Å². The number of carbonyl (C=O) groups excluding carboxylic acids is 1. The summed E-state index contributed by atoms with van der Waals surface area (Å²) >= 11 is 13.4. The number of aromatic nitrogens is 1. The van der Waals surface area contributed by atoms with Gasteiger partial charge in [0.15, 0.2) is 4.80 Å². The fraction of sp³-hybridized carbons (Fsp3) is 0.138. The highest BCUT2D eigenvalue weighted by Gasteiger charge is 2.33. The molecule has 10 heteroatoms. The van der Waals surface area contributed by atoms with E-state index in [2.05, 4.69) is 11.6 Å². The SMILES string of the molecule is C=CCOC(=O)C1=C(C)N=c2sc(=Cc3ccc(-c4ccc(Cl)c(Cl)c4)o3)c(=O)n2C1c1ccc(OC)cc1. The van der Waals surface area contributed by atoms with Crippen LogP contribution in [-0.2, 0) is 9.53 Å². The number of halogens is 2. The van der Waals surface area contributed by atoms with Gasteiger partial charge in [0.2, 0.25) is 0 Å². The third kappa shape index (κ3) is 5.23. The Morgan fingerprint density at radius 2 is 1.92 bits per heavy atom. The van der Waals surface area contributed by atoms with Gasteiger partial charge >= 0.3 is 5.97 Å². The Balaban J connectivity index is 1.61. The minimum absolute atomic E-state index is 0.0367. The maximum absolute atomic E-state index is 13.8. The highest BCUT2D eigenvalue weighted by atomic mass is 35.5. The number of ether oxygens (including phenoxy) is 2. The van der Waals surface area contributed by atoms with Crippen molar-refractivity contribution in [1.29, 1.82) is 0 Å². The molecule has 0 bridgehead atoms. The molecule has 1 unspecified atom stereocenters. The molecule has 1 aliphatic rings. The average Bonchev–Trinajstić information content (AvgIpc) is 3.52. The lowest BCUT2D eigenvalue weighted by Crippen LogP contribution is -2.39. The number of allylic oxidation sites excluding steroid dienone is 1. The minimum atomic E-state index is -0.741. The van der Waals surface area contributed by atoms with Gasteiger partial charge < -0.3 is 13.9 Å². The van der Waals surface area contributed by atoms with E-state index in [4.69, 9.17) is 37.1 Å². The summed E-state index contributed by atoms with van der Waals surface area (Å²) in [6.07, 6.45) is 3.14. The summed E-state index contributed by atoms with van der Waals surface area (Å²) in [6.45, 7) is 5.37. The molecule has 1 aliphatic heterocycles. The van der Waals surface area contributed by atoms with Gasteiger partial charge in [-0.1, -0.05) is 59.3 Å². The lowest BCUT2D eigenvalue weighted by molar-refractivity contribution is -0.138. The van der Waals surface area contributed by atoms with Crippen molar-refractivity contribution < 1.29 is 18.7 Å². The van der Waals surface area contributed by atoms with Gasteiger partial charge in [0.25, 0.3) is 5.56 Å². The fourth-order valence-corrected chi connectivity index (χ4v) is 5.59. The Labute approximate surface area is 237 Å². The molecule has 0 fully saturated rings. The van der Waals surface area contributed by atoms with E-state index in [0.717, 1.165) is 5.56 Å². The van der Waals surface area contributed by atoms with Crippen LogP contribution in [0.5, 0.6) is 5.75 Å². The number of nitrogens with zero attached hydrogens (tertiary/aromatic N) is 2. The zero-order valence-corrected chi connectivity index (χ0v) is 23.3. The van der Waals surface area contributed by atoms with Crippen LogP contribution in [0.4, 0.5) is 0 Å². The Bertz CT molecular complexity index is 1800. The maximum Gasteiger partial charge on any atom is 0.338 e. The summed E-state index contributed by atoms with van der Waals surface area (Å²) in [4.78, 5) is 31.9. The van der Waals surface area contributed by atoms with Gasteiger partial charge in [0.05, 0.1) is 39.0 Å². The molecular formula is C29H22Cl2N2O5S. The average molecular weight is 581 g/mol. The number of fused-ring (bicyclic) bond motifs is 1. The molecular weight excluding hydrogens is 559 g/mol. The molecule has 2 aromatic heterocycles. The number of rotatable bonds is 7. The van der Waals surface area contributed by atoms with Gasteiger partial charge in [0.1, 0.15) is 23.9 Å². The van der Waals surface area contributed by atoms with E-state index in [0.29, 0.717) is 47.9 Å². The molecule has 0 N–H and O–H groups in total. The molecule has 0 radical (unpaired) electrons. The monoisotopic (exact) mass is 580 g/mol. The molecule has 5 rings (SSSR count). The molecule has 0 amide bonds. The largest absolute Gasteiger partial charge is 0.497 e. The predicted octanol–water partition coefficient (Wildman–Crippen LogP) is 5.54. The van der Waals surface area contributed by atoms with Crippen molar-refractivity contribution >= 4 is 46.6 Å². The molecule has 0 aliphatic carbocycles. The minimum Gasteiger partial charge on any atom is -0.497 e. The standard InChI is InChI=1S/C29H22Cl2N2O5S/c1-4-13-37-28(35)25-16(2)32-29-33(26(25)17-5-8-19(36-3)9-6-17)27(34)24(39-29)15-20-10-12-23(38-20)18-7-11-21(30)22(31)14-18/h4-12,14-15,26H,1,13H2,2-3H3. The van der Waals surface area contributed by atoms with E-state index in [1.165, 1.54) is 22.0 Å². The van der Waals surface area contributed by atoms with Crippen LogP contribution < -0.4 is 19.6 Å². The van der Waals surface area contributed by atoms with Crippen molar-refractivity contribution in [2.24, 2.45) is 4.99 Å². The molecule has 1 atom stereocenters. The third-order valence-corrected chi connectivity index (χ3v) is 7.83. The van der Waals surface area contributed by atoms with Crippen molar-refractivity contribution in [3.05, 3.63) is 120 Å². The number of thiazole rings is 1. The van der Waals surface area contributed by atoms with Gasteiger partial charge in [-0.05, 0) is 55.0 Å². The van der Waals surface area contributed by atoms with E-state index in [1.54, 1.807) is 62.6 Å². The second kappa shape index (κ2) is 11.1. The van der Waals surface area contributed by atoms with Gasteiger partial charge in [-0.2, -0.15) is 0 Å². The van der Waals surface area contributed by atoms with Gasteiger partial charge in [-0.25, -0.2) is 9.79 Å². The van der Waals surface area contributed by atoms with Crippen molar-refractivity contribution in [2.45, 2.75) is 13.0 Å². The van der Waals surface area contributed by atoms with Gasteiger partial charge in [0, 0.05) is 11.6 Å². The van der Waals surface area contributed by atoms with Gasteiger partial charge in [-0.15, -0.1) is 0 Å². The summed E-state index contributed by atoms with van der Waals surface area (Å²) in [7, 11) is 1.57. The summed E-state index contributed by atoms with van der Waals surface area (Å²) in [5, 5.41) is 0.861. The molecule has 0 saturated carbocycles. The maximum atomic E-state index is 13.8. The second-order valence-corrected chi connectivity index (χ2v) is 10.4. The fourth-order valence-electron chi connectivity index (χ4n) is 4.26. The first kappa shape index (κ1) is 26.7. The number of methoxy groups -OCH3 is 1. The Kier molecular flexibility index (Phi) is 7.61. The van der Waals surface area contributed by atoms with Crippen LogP contribution in [0.15, 0.2) is 92.7 Å². The zero-order chi connectivity index (χ0) is 27.7. The summed E-state index contributed by atoms with van der Waals surface area (Å²) in [6, 6.07) is 15.2. The number of carbonyl (C=O) groups is 1. The molecule has 3 heterocycles. The molecule has 0 spiro atoms. The van der Waals surface area contributed by atoms with Crippen molar-refractivity contribution in [3.8, 4) is 17.1 Å². The Hall–Kier alpha value is -3.85. The van der Waals surface area contributed by atoms with Crippen LogP contribution in [0.25, 0.3) is 17.4 Å². The number of hydrogen-bond donors (Lipinski definition) is 0. The van der Waals surface area contributed by atoms with Crippen LogP contribution in [0, 0.1) is 0 Å². The first-order valence-corrected chi connectivity index (χ1v) is 13.4. The first-order chi connectivity index (χ1) is 18.8. The lowest BCUT2D eigenvalue weighted by Gasteiger charge is -2.24. The van der Waals surface area contributed by atoms with E-state index >= 15 is 0 Å². The molecule has 4 aromatic rings. The number of hydrogen-bond acceptors (Lipinski definition) is 7. The normalized spacial score (nSPS) is 15.1. The van der Waals surface area contributed by atoms with Crippen molar-refractivity contribution in [3.63, 3.8) is 0 Å². The summed E-state index contributed by atoms with van der Waals surface area (Å²) in [5.74, 6) is 1.14. The van der Waals surface area contributed by atoms with Crippen LogP contribution in [0.2, 0.25) is 10.0 Å². The molecule has 2 aromatic carbocycles. The van der Waals surface area contributed by atoms with E-state index in [9.17, 15) is 9.59 Å². The zero-order valence-electron chi connectivity index (χ0n) is 20.9. The van der Waals surface area contributed by atoms with Crippen LogP contribution in [-0.4, -0.2) is 24.3 Å². The van der Waals surface area contributed by atoms with E-state index in [-0.39, 0.29) is 17.7 Å². The Morgan fingerprint density at radius 1 is 1.15 bits per heavy atom. The smallest absolute Gasteiger partial charge is 0.338 e. The molecule has 198 valence electrons. The predicted molar refractivity (Wildman–Crippen MR) is 152 cm³/mol. The lowest BCUT2D eigenvalue weighted by atomic mass is 9.96. The van der Waals surface area contributed by atoms with Crippen molar-refractivity contribution in [1.82, 2.24) is 4.57 Å². The molecule has 0 saturated heterocycles. The van der Waals surface area contributed by atoms with Gasteiger partial charge in [-0.3, -0.25) is 9.36 Å². The third-order valence-electron chi connectivity index (χ3n) is 6.11. The van der Waals surface area contributed by atoms with Crippen LogP contribution >= 0.6 is 34.5 Å². The second-order valence-electron chi connectivity index (χ2n) is 8.57. The van der Waals surface area contributed by atoms with Crippen LogP contribution in [0.1, 0.15) is 24.3 Å². The first-order valence-electron chi connectivity index (χ1n) is 11.8. The molecule has 39 heavy (non-hydrogen) atoms. The highest BCUT2D eigenvalue weighted by molar-refractivity contribution is 7.07. The topological polar surface area (TPSA) is 83.0 Å². The van der Waals surface area contributed by atoms with E-state index < -0.39 is 12.0 Å². The Morgan fingerprint density at radius 3 is 2.62 bits per heavy atom. The number of esters is 1. The summed E-state index contributed by atoms with van der Waals surface area (Å²) in [5.41, 5.74) is 1.90. The number of benzene rings is 2. The highest BCUT2D eigenvalue weighted by Crippen LogP contribution is 2.32. The van der Waals surface area contributed by atoms with Crippen LogP contribution in [0.3, 0.4) is 0 Å². The van der Waals surface area contributed by atoms with Crippen molar-refractivity contribution in [2.75, 3.05) is 13.7 Å². The summed E-state index contributed by atoms with van der Waals surface area (Å²) < 4.78 is 18.5. The number of furan rings is 1.